The molecule has 0 bridgehead atoms. The SMILES string of the molecule is CCOC(=O)c1cccc(N2C(=O)/C(=C/c3ccc(C(C)(C)C)cc3)SC2=S)c1. The van der Waals surface area contributed by atoms with Crippen molar-refractivity contribution in [3.8, 4) is 0 Å². The number of hydrogen-bond donors (Lipinski definition) is 0. The fraction of sp³-hybridized carbons (Fsp3) is 0.261. The molecule has 29 heavy (non-hydrogen) atoms. The highest BCUT2D eigenvalue weighted by Crippen LogP contribution is 2.36. The fourth-order valence-corrected chi connectivity index (χ4v) is 4.21. The maximum Gasteiger partial charge on any atom is 0.338 e. The summed E-state index contributed by atoms with van der Waals surface area (Å²) in [5.74, 6) is -0.616. The first-order valence-electron chi connectivity index (χ1n) is 9.36. The highest BCUT2D eigenvalue weighted by Gasteiger charge is 2.33. The van der Waals surface area contributed by atoms with Gasteiger partial charge in [0.05, 0.1) is 22.8 Å². The van der Waals surface area contributed by atoms with Crippen LogP contribution in [0.3, 0.4) is 0 Å². The predicted molar refractivity (Wildman–Crippen MR) is 123 cm³/mol. The molecule has 2 aromatic carbocycles. The highest BCUT2D eigenvalue weighted by molar-refractivity contribution is 8.27. The molecule has 0 aliphatic carbocycles. The Hall–Kier alpha value is -2.44. The molecule has 1 aliphatic heterocycles. The van der Waals surface area contributed by atoms with Gasteiger partial charge in [0, 0.05) is 0 Å². The Morgan fingerprint density at radius 3 is 2.48 bits per heavy atom. The number of carbonyl (C=O) groups is 2. The number of thioether (sulfide) groups is 1. The zero-order chi connectivity index (χ0) is 21.2. The number of rotatable bonds is 4. The summed E-state index contributed by atoms with van der Waals surface area (Å²) in [6.07, 6.45) is 1.85. The lowest BCUT2D eigenvalue weighted by Gasteiger charge is -2.18. The summed E-state index contributed by atoms with van der Waals surface area (Å²) in [5, 5.41) is 0. The van der Waals surface area contributed by atoms with Gasteiger partial charge in [-0.15, -0.1) is 0 Å². The van der Waals surface area contributed by atoms with E-state index in [9.17, 15) is 9.59 Å². The molecule has 6 heteroatoms. The number of hydrogen-bond acceptors (Lipinski definition) is 5. The summed E-state index contributed by atoms with van der Waals surface area (Å²) in [6.45, 7) is 8.54. The molecule has 3 rings (SSSR count). The summed E-state index contributed by atoms with van der Waals surface area (Å²) < 4.78 is 5.48. The number of thiocarbonyl (C=S) groups is 1. The molecule has 1 aliphatic rings. The molecule has 0 unspecified atom stereocenters. The molecular weight excluding hydrogens is 402 g/mol. The van der Waals surface area contributed by atoms with Crippen molar-refractivity contribution in [1.82, 2.24) is 0 Å². The molecule has 0 aromatic heterocycles. The van der Waals surface area contributed by atoms with Gasteiger partial charge in [-0.3, -0.25) is 9.69 Å². The zero-order valence-electron chi connectivity index (χ0n) is 16.9. The number of ether oxygens (including phenoxy) is 1. The Kier molecular flexibility index (Phi) is 6.24. The van der Waals surface area contributed by atoms with E-state index in [1.54, 1.807) is 31.2 Å². The second-order valence-corrected chi connectivity index (χ2v) is 9.34. The average Bonchev–Trinajstić information content (AvgIpc) is 2.95. The van der Waals surface area contributed by atoms with Gasteiger partial charge in [0.1, 0.15) is 0 Å². The van der Waals surface area contributed by atoms with Crippen molar-refractivity contribution >= 4 is 51.9 Å². The largest absolute Gasteiger partial charge is 0.462 e. The topological polar surface area (TPSA) is 46.6 Å². The van der Waals surface area contributed by atoms with E-state index in [4.69, 9.17) is 17.0 Å². The van der Waals surface area contributed by atoms with Gasteiger partial charge >= 0.3 is 5.97 Å². The average molecular weight is 426 g/mol. The van der Waals surface area contributed by atoms with E-state index in [0.717, 1.165) is 5.56 Å². The lowest BCUT2D eigenvalue weighted by atomic mass is 9.87. The van der Waals surface area contributed by atoms with Crippen molar-refractivity contribution in [3.05, 3.63) is 70.1 Å². The van der Waals surface area contributed by atoms with Crippen molar-refractivity contribution in [2.24, 2.45) is 0 Å². The minimum absolute atomic E-state index is 0.0753. The van der Waals surface area contributed by atoms with Gasteiger partial charge in [-0.1, -0.05) is 75.1 Å². The maximum absolute atomic E-state index is 13.0. The summed E-state index contributed by atoms with van der Waals surface area (Å²) in [7, 11) is 0. The van der Waals surface area contributed by atoms with Crippen LogP contribution in [0.1, 0.15) is 49.2 Å². The standard InChI is InChI=1S/C23H23NO3S2/c1-5-27-21(26)16-7-6-8-18(14-16)24-20(25)19(29-22(24)28)13-15-9-11-17(12-10-15)23(2,3)4/h6-14H,5H2,1-4H3/b19-13-. The quantitative estimate of drug-likeness (QED) is 0.364. The molecule has 0 spiro atoms. The highest BCUT2D eigenvalue weighted by atomic mass is 32.2. The van der Waals surface area contributed by atoms with Crippen LogP contribution in [0.25, 0.3) is 6.08 Å². The number of anilines is 1. The monoisotopic (exact) mass is 425 g/mol. The lowest BCUT2D eigenvalue weighted by Crippen LogP contribution is -2.27. The van der Waals surface area contributed by atoms with Crippen molar-refractivity contribution in [1.29, 1.82) is 0 Å². The Morgan fingerprint density at radius 2 is 1.86 bits per heavy atom. The predicted octanol–water partition coefficient (Wildman–Crippen LogP) is 5.57. The minimum atomic E-state index is -0.422. The van der Waals surface area contributed by atoms with Crippen LogP contribution in [0.15, 0.2) is 53.4 Å². The van der Waals surface area contributed by atoms with Gasteiger partial charge in [0.25, 0.3) is 5.91 Å². The minimum Gasteiger partial charge on any atom is -0.462 e. The van der Waals surface area contributed by atoms with E-state index in [1.807, 2.05) is 18.2 Å². The van der Waals surface area contributed by atoms with E-state index in [1.165, 1.54) is 22.2 Å². The molecule has 2 aromatic rings. The molecule has 4 nitrogen and oxygen atoms in total. The Labute approximate surface area is 180 Å². The van der Waals surface area contributed by atoms with Gasteiger partial charge in [-0.2, -0.15) is 0 Å². The van der Waals surface area contributed by atoms with Crippen LogP contribution < -0.4 is 4.90 Å². The number of nitrogens with zero attached hydrogens (tertiary/aromatic N) is 1. The summed E-state index contributed by atoms with van der Waals surface area (Å²) in [6, 6.07) is 14.9. The number of carbonyl (C=O) groups excluding carboxylic acids is 2. The molecule has 0 atom stereocenters. The van der Waals surface area contributed by atoms with E-state index in [0.29, 0.717) is 27.1 Å². The summed E-state index contributed by atoms with van der Waals surface area (Å²) in [5.41, 5.74) is 3.20. The van der Waals surface area contributed by atoms with E-state index in [2.05, 4.69) is 32.9 Å². The smallest absolute Gasteiger partial charge is 0.338 e. The summed E-state index contributed by atoms with van der Waals surface area (Å²) >= 11 is 6.69. The summed E-state index contributed by atoms with van der Waals surface area (Å²) in [4.78, 5) is 27.0. The van der Waals surface area contributed by atoms with E-state index < -0.39 is 5.97 Å². The normalized spacial score (nSPS) is 15.9. The fourth-order valence-electron chi connectivity index (χ4n) is 2.91. The first-order chi connectivity index (χ1) is 13.7. The van der Waals surface area contributed by atoms with Crippen LogP contribution in [0.2, 0.25) is 0 Å². The van der Waals surface area contributed by atoms with Gasteiger partial charge < -0.3 is 4.74 Å². The molecule has 1 heterocycles. The van der Waals surface area contributed by atoms with Crippen molar-refractivity contribution in [3.63, 3.8) is 0 Å². The molecule has 150 valence electrons. The first-order valence-corrected chi connectivity index (χ1v) is 10.6. The second kappa shape index (κ2) is 8.51. The molecule has 0 saturated carbocycles. The van der Waals surface area contributed by atoms with Gasteiger partial charge in [0.2, 0.25) is 0 Å². The van der Waals surface area contributed by atoms with Crippen LogP contribution >= 0.6 is 24.0 Å². The number of amides is 1. The Balaban J connectivity index is 1.86. The maximum atomic E-state index is 13.0. The number of benzene rings is 2. The van der Waals surface area contributed by atoms with Crippen LogP contribution in [0.5, 0.6) is 0 Å². The molecule has 0 radical (unpaired) electrons. The van der Waals surface area contributed by atoms with Gasteiger partial charge in [0.15, 0.2) is 4.32 Å². The van der Waals surface area contributed by atoms with Crippen molar-refractivity contribution in [2.75, 3.05) is 11.5 Å². The molecule has 1 amide bonds. The lowest BCUT2D eigenvalue weighted by molar-refractivity contribution is -0.113. The first kappa shape index (κ1) is 21.3. The molecule has 0 N–H and O–H groups in total. The number of esters is 1. The third-order valence-corrected chi connectivity index (χ3v) is 5.79. The Bertz CT molecular complexity index is 988. The van der Waals surface area contributed by atoms with Crippen molar-refractivity contribution < 1.29 is 14.3 Å². The van der Waals surface area contributed by atoms with Gasteiger partial charge in [-0.25, -0.2) is 4.79 Å². The second-order valence-electron chi connectivity index (χ2n) is 7.66. The van der Waals surface area contributed by atoms with Crippen LogP contribution in [-0.2, 0) is 14.9 Å². The third-order valence-electron chi connectivity index (χ3n) is 4.48. The third kappa shape index (κ3) is 4.77. The van der Waals surface area contributed by atoms with Crippen LogP contribution in [0, 0.1) is 0 Å². The Morgan fingerprint density at radius 1 is 1.17 bits per heavy atom. The van der Waals surface area contributed by atoms with Crippen molar-refractivity contribution in [2.45, 2.75) is 33.1 Å². The zero-order valence-corrected chi connectivity index (χ0v) is 18.5. The van der Waals surface area contributed by atoms with Crippen LogP contribution in [0.4, 0.5) is 5.69 Å². The van der Waals surface area contributed by atoms with E-state index >= 15 is 0 Å². The molecular formula is C23H23NO3S2. The van der Waals surface area contributed by atoms with Crippen LogP contribution in [-0.4, -0.2) is 22.8 Å². The molecule has 1 fully saturated rings. The van der Waals surface area contributed by atoms with E-state index in [-0.39, 0.29) is 11.3 Å². The molecule has 1 saturated heterocycles. The van der Waals surface area contributed by atoms with Gasteiger partial charge in [-0.05, 0) is 47.7 Å².